The van der Waals surface area contributed by atoms with E-state index in [1.165, 1.54) is 17.9 Å². The number of anilines is 1. The second kappa shape index (κ2) is 4.74. The molecule has 1 aromatic rings. The van der Waals surface area contributed by atoms with Gasteiger partial charge in [0.2, 0.25) is 0 Å². The van der Waals surface area contributed by atoms with Crippen LogP contribution in [-0.4, -0.2) is 22.0 Å². The monoisotopic (exact) mass is 238 g/mol. The summed E-state index contributed by atoms with van der Waals surface area (Å²) in [5.74, 6) is 1.19. The molecule has 2 rings (SSSR count). The van der Waals surface area contributed by atoms with Crippen LogP contribution in [0, 0.1) is 10.1 Å². The number of thioether (sulfide) groups is 1. The molecule has 0 amide bonds. The molecule has 2 atom stereocenters. The highest BCUT2D eigenvalue weighted by Crippen LogP contribution is 2.29. The smallest absolute Gasteiger partial charge is 0.269 e. The lowest BCUT2D eigenvalue weighted by Gasteiger charge is -2.17. The second-order valence-electron chi connectivity index (χ2n) is 3.92. The van der Waals surface area contributed by atoms with Crippen molar-refractivity contribution in [3.05, 3.63) is 34.4 Å². The molecule has 5 heteroatoms. The number of nitrogens with one attached hydrogen (secondary N) is 1. The van der Waals surface area contributed by atoms with Gasteiger partial charge in [0.25, 0.3) is 5.69 Å². The van der Waals surface area contributed by atoms with Crippen LogP contribution in [0.4, 0.5) is 11.4 Å². The Kier molecular flexibility index (Phi) is 3.33. The van der Waals surface area contributed by atoms with Crippen LogP contribution < -0.4 is 5.32 Å². The quantitative estimate of drug-likeness (QED) is 0.650. The van der Waals surface area contributed by atoms with Gasteiger partial charge >= 0.3 is 0 Å². The summed E-state index contributed by atoms with van der Waals surface area (Å²) in [5, 5.41) is 14.5. The van der Waals surface area contributed by atoms with Crippen LogP contribution in [-0.2, 0) is 0 Å². The predicted molar refractivity (Wildman–Crippen MR) is 67.0 cm³/mol. The summed E-state index contributed by atoms with van der Waals surface area (Å²) < 4.78 is 0. The normalized spacial score (nSPS) is 24.3. The third-order valence-corrected chi connectivity index (χ3v) is 4.13. The van der Waals surface area contributed by atoms with Crippen molar-refractivity contribution in [2.24, 2.45) is 0 Å². The Morgan fingerprint density at radius 2 is 2.12 bits per heavy atom. The van der Waals surface area contributed by atoms with Gasteiger partial charge in [-0.15, -0.1) is 0 Å². The Labute approximate surface area is 98.6 Å². The lowest BCUT2D eigenvalue weighted by atomic mass is 10.1. The van der Waals surface area contributed by atoms with E-state index in [9.17, 15) is 10.1 Å². The number of hydrogen-bond acceptors (Lipinski definition) is 4. The third kappa shape index (κ3) is 2.47. The molecule has 0 saturated carbocycles. The van der Waals surface area contributed by atoms with Gasteiger partial charge in [0, 0.05) is 29.1 Å². The molecule has 86 valence electrons. The summed E-state index contributed by atoms with van der Waals surface area (Å²) in [6, 6.07) is 7.10. The van der Waals surface area contributed by atoms with E-state index in [2.05, 4.69) is 12.2 Å². The van der Waals surface area contributed by atoms with Crippen molar-refractivity contribution in [1.29, 1.82) is 0 Å². The van der Waals surface area contributed by atoms with Crippen molar-refractivity contribution in [2.75, 3.05) is 11.1 Å². The van der Waals surface area contributed by atoms with Crippen molar-refractivity contribution in [2.45, 2.75) is 24.6 Å². The van der Waals surface area contributed by atoms with Gasteiger partial charge < -0.3 is 5.32 Å². The molecular weight excluding hydrogens is 224 g/mol. The molecule has 16 heavy (non-hydrogen) atoms. The van der Waals surface area contributed by atoms with E-state index < -0.39 is 0 Å². The van der Waals surface area contributed by atoms with Crippen LogP contribution in [0.1, 0.15) is 13.3 Å². The molecule has 2 unspecified atom stereocenters. The molecule has 0 radical (unpaired) electrons. The summed E-state index contributed by atoms with van der Waals surface area (Å²) in [4.78, 5) is 10.1. The van der Waals surface area contributed by atoms with Gasteiger partial charge in [0.05, 0.1) is 4.92 Å². The van der Waals surface area contributed by atoms with Gasteiger partial charge in [-0.05, 0) is 24.3 Å². The molecule has 1 aliphatic heterocycles. The summed E-state index contributed by atoms with van der Waals surface area (Å²) in [5.41, 5.74) is 1.10. The van der Waals surface area contributed by atoms with Crippen LogP contribution >= 0.6 is 11.8 Å². The maximum Gasteiger partial charge on any atom is 0.269 e. The van der Waals surface area contributed by atoms with E-state index in [1.807, 2.05) is 11.8 Å². The van der Waals surface area contributed by atoms with E-state index >= 15 is 0 Å². The molecule has 4 nitrogen and oxygen atoms in total. The molecule has 0 aliphatic carbocycles. The zero-order valence-electron chi connectivity index (χ0n) is 9.05. The molecule has 1 heterocycles. The first-order chi connectivity index (χ1) is 7.66. The van der Waals surface area contributed by atoms with Crippen molar-refractivity contribution in [3.63, 3.8) is 0 Å². The van der Waals surface area contributed by atoms with Crippen molar-refractivity contribution in [1.82, 2.24) is 0 Å². The van der Waals surface area contributed by atoms with Gasteiger partial charge in [-0.3, -0.25) is 10.1 Å². The molecule has 1 fully saturated rings. The Morgan fingerprint density at radius 3 is 2.62 bits per heavy atom. The Morgan fingerprint density at radius 1 is 1.44 bits per heavy atom. The van der Waals surface area contributed by atoms with Crippen molar-refractivity contribution >= 4 is 23.1 Å². The first-order valence-corrected chi connectivity index (χ1v) is 6.34. The average Bonchev–Trinajstić information content (AvgIpc) is 2.65. The lowest BCUT2D eigenvalue weighted by Crippen LogP contribution is -2.24. The molecule has 1 aliphatic rings. The third-order valence-electron chi connectivity index (χ3n) is 2.81. The summed E-state index contributed by atoms with van der Waals surface area (Å²) in [6.45, 7) is 2.21. The maximum absolute atomic E-state index is 10.5. The first-order valence-electron chi connectivity index (χ1n) is 5.29. The lowest BCUT2D eigenvalue weighted by molar-refractivity contribution is -0.384. The number of non-ortho nitro benzene ring substituents is 1. The topological polar surface area (TPSA) is 55.2 Å². The molecule has 1 saturated heterocycles. The number of rotatable bonds is 3. The average molecular weight is 238 g/mol. The minimum absolute atomic E-state index is 0.138. The largest absolute Gasteiger partial charge is 0.381 e. The Balaban J connectivity index is 2.02. The maximum atomic E-state index is 10.5. The van der Waals surface area contributed by atoms with Crippen molar-refractivity contribution in [3.8, 4) is 0 Å². The van der Waals surface area contributed by atoms with Crippen LogP contribution in [0.15, 0.2) is 24.3 Å². The number of benzene rings is 1. The minimum atomic E-state index is -0.377. The fraction of sp³-hybridized carbons (Fsp3) is 0.455. The zero-order valence-corrected chi connectivity index (χ0v) is 9.87. The summed E-state index contributed by atoms with van der Waals surface area (Å²) in [7, 11) is 0. The highest BCUT2D eigenvalue weighted by Gasteiger charge is 2.23. The minimum Gasteiger partial charge on any atom is -0.381 e. The molecule has 0 bridgehead atoms. The van der Waals surface area contributed by atoms with Gasteiger partial charge in [0.15, 0.2) is 0 Å². The Bertz CT molecular complexity index is 380. The number of nitro groups is 1. The summed E-state index contributed by atoms with van der Waals surface area (Å²) in [6.07, 6.45) is 1.16. The van der Waals surface area contributed by atoms with E-state index in [0.29, 0.717) is 11.3 Å². The van der Waals surface area contributed by atoms with Crippen LogP contribution in [0.3, 0.4) is 0 Å². The second-order valence-corrected chi connectivity index (χ2v) is 5.40. The van der Waals surface area contributed by atoms with Crippen molar-refractivity contribution < 1.29 is 4.92 Å². The number of nitrogens with zero attached hydrogens (tertiary/aromatic N) is 1. The molecular formula is C11H14N2O2S. The highest BCUT2D eigenvalue weighted by molar-refractivity contribution is 8.00. The summed E-state index contributed by atoms with van der Waals surface area (Å²) >= 11 is 1.96. The van der Waals surface area contributed by atoms with Crippen LogP contribution in [0.5, 0.6) is 0 Å². The fourth-order valence-electron chi connectivity index (χ4n) is 1.81. The highest BCUT2D eigenvalue weighted by atomic mass is 32.2. The molecule has 0 spiro atoms. The van der Waals surface area contributed by atoms with Gasteiger partial charge in [-0.25, -0.2) is 0 Å². The SMILES string of the molecule is CC1SCCC1Nc1ccc([N+](=O)[O-])cc1. The van der Waals surface area contributed by atoms with E-state index in [-0.39, 0.29) is 10.6 Å². The van der Waals surface area contributed by atoms with E-state index in [4.69, 9.17) is 0 Å². The van der Waals surface area contributed by atoms with E-state index in [1.54, 1.807) is 12.1 Å². The zero-order chi connectivity index (χ0) is 11.5. The number of hydrogen-bond donors (Lipinski definition) is 1. The van der Waals surface area contributed by atoms with E-state index in [0.717, 1.165) is 12.1 Å². The molecule has 1 aromatic carbocycles. The van der Waals surface area contributed by atoms with Gasteiger partial charge in [0.1, 0.15) is 0 Å². The van der Waals surface area contributed by atoms with Gasteiger partial charge in [-0.2, -0.15) is 11.8 Å². The van der Waals surface area contributed by atoms with Crippen LogP contribution in [0.25, 0.3) is 0 Å². The predicted octanol–water partition coefficient (Wildman–Crippen LogP) is 2.90. The molecule has 1 N–H and O–H groups in total. The Hall–Kier alpha value is -1.23. The van der Waals surface area contributed by atoms with Gasteiger partial charge in [-0.1, -0.05) is 6.92 Å². The van der Waals surface area contributed by atoms with Crippen LogP contribution in [0.2, 0.25) is 0 Å². The number of nitro benzene ring substituents is 1. The first kappa shape index (κ1) is 11.3. The fourth-order valence-corrected chi connectivity index (χ4v) is 3.01. The standard InChI is InChI=1S/C11H14N2O2S/c1-8-11(6-7-16-8)12-9-2-4-10(5-3-9)13(14)15/h2-5,8,11-12H,6-7H2,1H3. The molecule has 0 aromatic heterocycles.